The molecule has 0 aromatic carbocycles. The average Bonchev–Trinajstić information content (AvgIpc) is 2.17. The number of piperazine rings is 1. The van der Waals surface area contributed by atoms with Gasteiger partial charge in [-0.2, -0.15) is 0 Å². The van der Waals surface area contributed by atoms with Gasteiger partial charge in [-0.05, 0) is 20.3 Å². The number of nitrogens with zero attached hydrogens (tertiary/aromatic N) is 1. The molecule has 1 heterocycles. The standard InChI is InChI=1S/C11H23N3O/c1-4-9(2)13-11(15)8-14-6-5-12-10(3)7-14/h9-10,12H,4-8H2,1-3H3,(H,13,15). The predicted octanol–water partition coefficient (Wildman–Crippen LogP) is 0.195. The van der Waals surface area contributed by atoms with Crippen molar-refractivity contribution in [3.8, 4) is 0 Å². The first-order valence-corrected chi connectivity index (χ1v) is 5.87. The van der Waals surface area contributed by atoms with Crippen LogP contribution in [0.5, 0.6) is 0 Å². The molecule has 15 heavy (non-hydrogen) atoms. The van der Waals surface area contributed by atoms with Gasteiger partial charge in [-0.1, -0.05) is 6.92 Å². The maximum atomic E-state index is 11.6. The van der Waals surface area contributed by atoms with Gasteiger partial charge in [-0.3, -0.25) is 9.69 Å². The Balaban J connectivity index is 2.24. The second-order valence-electron chi connectivity index (χ2n) is 4.47. The zero-order valence-electron chi connectivity index (χ0n) is 10.0. The smallest absolute Gasteiger partial charge is 0.234 e. The summed E-state index contributed by atoms with van der Waals surface area (Å²) in [7, 11) is 0. The molecule has 2 N–H and O–H groups in total. The lowest BCUT2D eigenvalue weighted by Gasteiger charge is -2.31. The van der Waals surface area contributed by atoms with E-state index in [1.165, 1.54) is 0 Å². The van der Waals surface area contributed by atoms with Crippen molar-refractivity contribution in [2.75, 3.05) is 26.2 Å². The van der Waals surface area contributed by atoms with Crippen LogP contribution in [0.1, 0.15) is 27.2 Å². The minimum atomic E-state index is 0.151. The Labute approximate surface area is 92.4 Å². The van der Waals surface area contributed by atoms with Crippen molar-refractivity contribution < 1.29 is 4.79 Å². The lowest BCUT2D eigenvalue weighted by Crippen LogP contribution is -2.52. The maximum Gasteiger partial charge on any atom is 0.234 e. The van der Waals surface area contributed by atoms with E-state index in [1.54, 1.807) is 0 Å². The molecule has 4 heteroatoms. The molecule has 2 atom stereocenters. The van der Waals surface area contributed by atoms with Crippen molar-refractivity contribution in [1.82, 2.24) is 15.5 Å². The van der Waals surface area contributed by atoms with Crippen LogP contribution in [0.4, 0.5) is 0 Å². The molecule has 0 radical (unpaired) electrons. The second kappa shape index (κ2) is 6.08. The molecule has 0 aromatic rings. The monoisotopic (exact) mass is 213 g/mol. The first-order chi connectivity index (χ1) is 7.11. The molecule has 0 spiro atoms. The summed E-state index contributed by atoms with van der Waals surface area (Å²) in [6, 6.07) is 0.785. The van der Waals surface area contributed by atoms with Gasteiger partial charge in [0.1, 0.15) is 0 Å². The fraction of sp³-hybridized carbons (Fsp3) is 0.909. The molecule has 2 unspecified atom stereocenters. The average molecular weight is 213 g/mol. The molecule has 1 amide bonds. The highest BCUT2D eigenvalue weighted by atomic mass is 16.2. The van der Waals surface area contributed by atoms with E-state index in [-0.39, 0.29) is 11.9 Å². The van der Waals surface area contributed by atoms with Crippen LogP contribution >= 0.6 is 0 Å². The van der Waals surface area contributed by atoms with Crippen molar-refractivity contribution in [3.05, 3.63) is 0 Å². The molecule has 0 aromatic heterocycles. The second-order valence-corrected chi connectivity index (χ2v) is 4.47. The summed E-state index contributed by atoms with van der Waals surface area (Å²) in [5.74, 6) is 0.151. The van der Waals surface area contributed by atoms with Gasteiger partial charge >= 0.3 is 0 Å². The van der Waals surface area contributed by atoms with Crippen LogP contribution in [0, 0.1) is 0 Å². The third kappa shape index (κ3) is 4.62. The van der Waals surface area contributed by atoms with E-state index in [9.17, 15) is 4.79 Å². The Morgan fingerprint density at radius 2 is 2.40 bits per heavy atom. The summed E-state index contributed by atoms with van der Waals surface area (Å²) in [5, 5.41) is 6.35. The molecule has 1 rings (SSSR count). The number of amides is 1. The summed E-state index contributed by atoms with van der Waals surface area (Å²) >= 11 is 0. The van der Waals surface area contributed by atoms with Gasteiger partial charge in [0.25, 0.3) is 0 Å². The van der Waals surface area contributed by atoms with Crippen LogP contribution < -0.4 is 10.6 Å². The van der Waals surface area contributed by atoms with Gasteiger partial charge in [0.05, 0.1) is 6.54 Å². The van der Waals surface area contributed by atoms with Gasteiger partial charge in [0, 0.05) is 31.7 Å². The highest BCUT2D eigenvalue weighted by Gasteiger charge is 2.18. The summed E-state index contributed by atoms with van der Waals surface area (Å²) in [4.78, 5) is 13.8. The van der Waals surface area contributed by atoms with Gasteiger partial charge in [-0.15, -0.1) is 0 Å². The molecule has 1 aliphatic heterocycles. The summed E-state index contributed by atoms with van der Waals surface area (Å²) in [6.45, 7) is 9.73. The topological polar surface area (TPSA) is 44.4 Å². The quantitative estimate of drug-likeness (QED) is 0.701. The third-order valence-electron chi connectivity index (χ3n) is 2.84. The highest BCUT2D eigenvalue weighted by Crippen LogP contribution is 1.98. The normalized spacial score (nSPS) is 24.9. The van der Waals surface area contributed by atoms with E-state index in [1.807, 2.05) is 6.92 Å². The van der Waals surface area contributed by atoms with E-state index in [4.69, 9.17) is 0 Å². The Morgan fingerprint density at radius 3 is 3.00 bits per heavy atom. The summed E-state index contributed by atoms with van der Waals surface area (Å²) in [6.07, 6.45) is 0.990. The van der Waals surface area contributed by atoms with E-state index < -0.39 is 0 Å². The first kappa shape index (κ1) is 12.5. The van der Waals surface area contributed by atoms with Gasteiger partial charge in [0.2, 0.25) is 5.91 Å². The number of carbonyl (C=O) groups excluding carboxylic acids is 1. The zero-order chi connectivity index (χ0) is 11.3. The first-order valence-electron chi connectivity index (χ1n) is 5.87. The molecule has 0 saturated carbocycles. The van der Waals surface area contributed by atoms with E-state index >= 15 is 0 Å². The molecule has 0 bridgehead atoms. The Morgan fingerprint density at radius 1 is 1.67 bits per heavy atom. The fourth-order valence-corrected chi connectivity index (χ4v) is 1.78. The number of hydrogen-bond acceptors (Lipinski definition) is 3. The van der Waals surface area contributed by atoms with Gasteiger partial charge in [-0.25, -0.2) is 0 Å². The lowest BCUT2D eigenvalue weighted by atomic mass is 10.2. The minimum absolute atomic E-state index is 0.151. The molecular formula is C11H23N3O. The fourth-order valence-electron chi connectivity index (χ4n) is 1.78. The van der Waals surface area contributed by atoms with Gasteiger partial charge < -0.3 is 10.6 Å². The van der Waals surface area contributed by atoms with Gasteiger partial charge in [0.15, 0.2) is 0 Å². The Hall–Kier alpha value is -0.610. The SMILES string of the molecule is CCC(C)NC(=O)CN1CCNC(C)C1. The van der Waals surface area contributed by atoms with Crippen molar-refractivity contribution in [3.63, 3.8) is 0 Å². The van der Waals surface area contributed by atoms with E-state index in [0.29, 0.717) is 12.6 Å². The number of rotatable bonds is 4. The highest BCUT2D eigenvalue weighted by molar-refractivity contribution is 5.78. The van der Waals surface area contributed by atoms with Crippen molar-refractivity contribution >= 4 is 5.91 Å². The largest absolute Gasteiger partial charge is 0.353 e. The summed E-state index contributed by atoms with van der Waals surface area (Å²) < 4.78 is 0. The van der Waals surface area contributed by atoms with Crippen LogP contribution in [-0.4, -0.2) is 49.1 Å². The predicted molar refractivity (Wildman–Crippen MR) is 61.8 cm³/mol. The minimum Gasteiger partial charge on any atom is -0.353 e. The van der Waals surface area contributed by atoms with E-state index in [0.717, 1.165) is 26.1 Å². The van der Waals surface area contributed by atoms with E-state index in [2.05, 4.69) is 29.4 Å². The Bertz CT molecular complexity index is 208. The maximum absolute atomic E-state index is 11.6. The number of carbonyl (C=O) groups is 1. The van der Waals surface area contributed by atoms with Crippen LogP contribution in [0.3, 0.4) is 0 Å². The van der Waals surface area contributed by atoms with Crippen molar-refractivity contribution in [2.24, 2.45) is 0 Å². The van der Waals surface area contributed by atoms with Crippen LogP contribution in [0.25, 0.3) is 0 Å². The molecule has 4 nitrogen and oxygen atoms in total. The number of hydrogen-bond donors (Lipinski definition) is 2. The molecule has 88 valence electrons. The van der Waals surface area contributed by atoms with Crippen LogP contribution in [0.2, 0.25) is 0 Å². The van der Waals surface area contributed by atoms with Crippen molar-refractivity contribution in [1.29, 1.82) is 0 Å². The number of nitrogens with one attached hydrogen (secondary N) is 2. The Kier molecular flexibility index (Phi) is 5.05. The molecule has 1 saturated heterocycles. The van der Waals surface area contributed by atoms with Crippen LogP contribution in [-0.2, 0) is 4.79 Å². The lowest BCUT2D eigenvalue weighted by molar-refractivity contribution is -0.123. The van der Waals surface area contributed by atoms with Crippen LogP contribution in [0.15, 0.2) is 0 Å². The summed E-state index contributed by atoms with van der Waals surface area (Å²) in [5.41, 5.74) is 0. The third-order valence-corrected chi connectivity index (χ3v) is 2.84. The van der Waals surface area contributed by atoms with Crippen molar-refractivity contribution in [2.45, 2.75) is 39.3 Å². The molecular weight excluding hydrogens is 190 g/mol. The molecule has 1 aliphatic rings. The molecule has 0 aliphatic carbocycles. The zero-order valence-corrected chi connectivity index (χ0v) is 10.0. The molecule has 1 fully saturated rings.